The van der Waals surface area contributed by atoms with E-state index >= 15 is 0 Å². The van der Waals surface area contributed by atoms with E-state index in [4.69, 9.17) is 10.5 Å². The van der Waals surface area contributed by atoms with Crippen LogP contribution in [0, 0.1) is 6.92 Å². The standard InChI is InChI=1S/C12H15N5OS/c1-8-6-10(16-12(13)15-8)17-3-4-18-9(7-17)11-14-2-5-19-11/h2,5-6,9H,3-4,7H2,1H3,(H2,13,15,16)/t9-/m1/s1. The summed E-state index contributed by atoms with van der Waals surface area (Å²) in [5, 5.41) is 2.97. The SMILES string of the molecule is Cc1cc(N2CCO[C@@H](c3nccs3)C2)nc(N)n1. The molecule has 0 saturated carbocycles. The molecule has 0 unspecified atom stereocenters. The zero-order chi connectivity index (χ0) is 13.2. The van der Waals surface area contributed by atoms with Crippen molar-refractivity contribution < 1.29 is 4.74 Å². The van der Waals surface area contributed by atoms with Gasteiger partial charge in [-0.15, -0.1) is 11.3 Å². The molecule has 2 aromatic heterocycles. The highest BCUT2D eigenvalue weighted by atomic mass is 32.1. The molecule has 0 amide bonds. The highest BCUT2D eigenvalue weighted by Crippen LogP contribution is 2.26. The summed E-state index contributed by atoms with van der Waals surface area (Å²) in [6.07, 6.45) is 1.81. The minimum atomic E-state index is 0.00486. The topological polar surface area (TPSA) is 77.2 Å². The van der Waals surface area contributed by atoms with Crippen molar-refractivity contribution >= 4 is 23.1 Å². The number of rotatable bonds is 2. The van der Waals surface area contributed by atoms with Gasteiger partial charge in [0.15, 0.2) is 0 Å². The van der Waals surface area contributed by atoms with E-state index < -0.39 is 0 Å². The van der Waals surface area contributed by atoms with E-state index in [0.717, 1.165) is 29.6 Å². The van der Waals surface area contributed by atoms with Crippen molar-refractivity contribution in [1.82, 2.24) is 15.0 Å². The van der Waals surface area contributed by atoms with Crippen LogP contribution in [-0.4, -0.2) is 34.6 Å². The van der Waals surface area contributed by atoms with E-state index in [1.54, 1.807) is 17.5 Å². The lowest BCUT2D eigenvalue weighted by Gasteiger charge is -2.32. The first-order valence-electron chi connectivity index (χ1n) is 6.09. The number of anilines is 2. The molecular formula is C12H15N5OS. The molecule has 7 heteroatoms. The molecule has 3 heterocycles. The maximum Gasteiger partial charge on any atom is 0.222 e. The molecule has 1 aliphatic rings. The summed E-state index contributed by atoms with van der Waals surface area (Å²) in [5.74, 6) is 1.17. The molecule has 0 spiro atoms. The Hall–Kier alpha value is -1.73. The number of morpholine rings is 1. The predicted molar refractivity (Wildman–Crippen MR) is 74.2 cm³/mol. The quantitative estimate of drug-likeness (QED) is 0.894. The predicted octanol–water partition coefficient (Wildman–Crippen LogP) is 1.40. The zero-order valence-corrected chi connectivity index (χ0v) is 11.4. The number of hydrogen-bond acceptors (Lipinski definition) is 7. The summed E-state index contributed by atoms with van der Waals surface area (Å²) >= 11 is 1.61. The van der Waals surface area contributed by atoms with E-state index in [1.807, 2.05) is 18.4 Å². The van der Waals surface area contributed by atoms with E-state index in [-0.39, 0.29) is 6.10 Å². The Morgan fingerprint density at radius 3 is 3.11 bits per heavy atom. The number of hydrogen-bond donors (Lipinski definition) is 1. The number of ether oxygens (including phenoxy) is 1. The monoisotopic (exact) mass is 277 g/mol. The van der Waals surface area contributed by atoms with Crippen LogP contribution >= 0.6 is 11.3 Å². The van der Waals surface area contributed by atoms with E-state index in [0.29, 0.717) is 12.6 Å². The third-order valence-corrected chi connectivity index (χ3v) is 3.84. The normalized spacial score (nSPS) is 19.6. The largest absolute Gasteiger partial charge is 0.368 e. The second kappa shape index (κ2) is 5.10. The molecule has 0 bridgehead atoms. The Bertz CT molecular complexity index is 539. The van der Waals surface area contributed by atoms with Gasteiger partial charge >= 0.3 is 0 Å². The molecule has 2 N–H and O–H groups in total. The number of nitrogens with two attached hydrogens (primary N) is 1. The molecule has 1 saturated heterocycles. The van der Waals surface area contributed by atoms with Gasteiger partial charge in [-0.3, -0.25) is 0 Å². The summed E-state index contributed by atoms with van der Waals surface area (Å²) in [7, 11) is 0. The maximum absolute atomic E-state index is 5.77. The fraction of sp³-hybridized carbons (Fsp3) is 0.417. The van der Waals surface area contributed by atoms with Crippen LogP contribution in [0.25, 0.3) is 0 Å². The minimum absolute atomic E-state index is 0.00486. The molecular weight excluding hydrogens is 262 g/mol. The number of nitrogen functional groups attached to an aromatic ring is 1. The van der Waals surface area contributed by atoms with Gasteiger partial charge < -0.3 is 15.4 Å². The summed E-state index contributed by atoms with van der Waals surface area (Å²) in [4.78, 5) is 14.9. The van der Waals surface area contributed by atoms with Crippen LogP contribution in [-0.2, 0) is 4.74 Å². The van der Waals surface area contributed by atoms with Crippen molar-refractivity contribution in [3.8, 4) is 0 Å². The van der Waals surface area contributed by atoms with Crippen molar-refractivity contribution in [3.63, 3.8) is 0 Å². The molecule has 0 aromatic carbocycles. The Balaban J connectivity index is 1.81. The summed E-state index contributed by atoms with van der Waals surface area (Å²) in [6.45, 7) is 4.12. The lowest BCUT2D eigenvalue weighted by molar-refractivity contribution is 0.0393. The third-order valence-electron chi connectivity index (χ3n) is 2.98. The molecule has 2 aromatic rings. The van der Waals surface area contributed by atoms with Crippen LogP contribution in [0.5, 0.6) is 0 Å². The second-order valence-corrected chi connectivity index (χ2v) is 5.33. The van der Waals surface area contributed by atoms with Crippen molar-refractivity contribution in [1.29, 1.82) is 0 Å². The van der Waals surface area contributed by atoms with Crippen LogP contribution in [0.1, 0.15) is 16.8 Å². The Kier molecular flexibility index (Phi) is 3.31. The van der Waals surface area contributed by atoms with E-state index in [2.05, 4.69) is 19.9 Å². The van der Waals surface area contributed by atoms with Gasteiger partial charge in [0.05, 0.1) is 13.2 Å². The number of nitrogens with zero attached hydrogens (tertiary/aromatic N) is 4. The first kappa shape index (κ1) is 12.3. The van der Waals surface area contributed by atoms with Crippen LogP contribution in [0.4, 0.5) is 11.8 Å². The first-order valence-corrected chi connectivity index (χ1v) is 6.97. The lowest BCUT2D eigenvalue weighted by atomic mass is 10.2. The van der Waals surface area contributed by atoms with Crippen molar-refractivity contribution in [3.05, 3.63) is 28.3 Å². The second-order valence-electron chi connectivity index (χ2n) is 4.40. The third kappa shape index (κ3) is 2.66. The maximum atomic E-state index is 5.77. The van der Waals surface area contributed by atoms with Gasteiger partial charge in [-0.05, 0) is 6.92 Å². The van der Waals surface area contributed by atoms with Crippen LogP contribution in [0.3, 0.4) is 0 Å². The molecule has 1 atom stereocenters. The van der Waals surface area contributed by atoms with Gasteiger partial charge in [0.25, 0.3) is 0 Å². The minimum Gasteiger partial charge on any atom is -0.368 e. The Labute approximate surface area is 115 Å². The summed E-state index contributed by atoms with van der Waals surface area (Å²) in [6, 6.07) is 1.95. The van der Waals surface area contributed by atoms with Gasteiger partial charge in [-0.2, -0.15) is 4.98 Å². The van der Waals surface area contributed by atoms with Crippen molar-refractivity contribution in [2.45, 2.75) is 13.0 Å². The van der Waals surface area contributed by atoms with Crippen molar-refractivity contribution in [2.75, 3.05) is 30.3 Å². The Morgan fingerprint density at radius 2 is 2.37 bits per heavy atom. The molecule has 19 heavy (non-hydrogen) atoms. The summed E-state index contributed by atoms with van der Waals surface area (Å²) in [5.41, 5.74) is 6.58. The first-order chi connectivity index (χ1) is 9.22. The smallest absolute Gasteiger partial charge is 0.222 e. The number of aromatic nitrogens is 3. The fourth-order valence-electron chi connectivity index (χ4n) is 2.14. The van der Waals surface area contributed by atoms with Gasteiger partial charge in [0, 0.05) is 29.9 Å². The van der Waals surface area contributed by atoms with Crippen LogP contribution in [0.15, 0.2) is 17.6 Å². The highest BCUT2D eigenvalue weighted by Gasteiger charge is 2.25. The molecule has 100 valence electrons. The average Bonchev–Trinajstić information content (AvgIpc) is 2.92. The molecule has 1 aliphatic heterocycles. The molecule has 0 radical (unpaired) electrons. The van der Waals surface area contributed by atoms with Crippen molar-refractivity contribution in [2.24, 2.45) is 0 Å². The van der Waals surface area contributed by atoms with Crippen LogP contribution in [0.2, 0.25) is 0 Å². The molecule has 0 aliphatic carbocycles. The fourth-order valence-corrected chi connectivity index (χ4v) is 2.81. The Morgan fingerprint density at radius 1 is 1.47 bits per heavy atom. The lowest BCUT2D eigenvalue weighted by Crippen LogP contribution is -2.39. The molecule has 6 nitrogen and oxygen atoms in total. The average molecular weight is 277 g/mol. The number of thiazole rings is 1. The van der Waals surface area contributed by atoms with Gasteiger partial charge in [0.2, 0.25) is 5.95 Å². The zero-order valence-electron chi connectivity index (χ0n) is 10.6. The van der Waals surface area contributed by atoms with Gasteiger partial charge in [0.1, 0.15) is 16.9 Å². The molecule has 3 rings (SSSR count). The van der Waals surface area contributed by atoms with Gasteiger partial charge in [-0.1, -0.05) is 0 Å². The number of aryl methyl sites for hydroxylation is 1. The van der Waals surface area contributed by atoms with Crippen LogP contribution < -0.4 is 10.6 Å². The van der Waals surface area contributed by atoms with Gasteiger partial charge in [-0.25, -0.2) is 9.97 Å². The highest BCUT2D eigenvalue weighted by molar-refractivity contribution is 7.09. The summed E-state index contributed by atoms with van der Waals surface area (Å²) < 4.78 is 5.77. The van der Waals surface area contributed by atoms with E-state index in [9.17, 15) is 0 Å². The van der Waals surface area contributed by atoms with E-state index in [1.165, 1.54) is 0 Å². The molecule has 1 fully saturated rings.